The summed E-state index contributed by atoms with van der Waals surface area (Å²) in [6, 6.07) is 2.47. The highest BCUT2D eigenvalue weighted by Gasteiger charge is 2.08. The Labute approximate surface area is 65.7 Å². The van der Waals surface area contributed by atoms with Crippen molar-refractivity contribution in [3.8, 4) is 12.1 Å². The van der Waals surface area contributed by atoms with Gasteiger partial charge in [-0.1, -0.05) is 0 Å². The van der Waals surface area contributed by atoms with Crippen LogP contribution in [0, 0.1) is 22.7 Å². The standard InChI is InChI=1S/C3H9O3P.C2N2/c1-5-7(3,4)6-2;3-1-2-4/h1-3H3;. The first-order chi connectivity index (χ1) is 5.04. The second kappa shape index (κ2) is 7.24. The molecule has 0 atom stereocenters. The van der Waals surface area contributed by atoms with Crippen molar-refractivity contribution in [1.29, 1.82) is 10.5 Å². The molecule has 0 bridgehead atoms. The van der Waals surface area contributed by atoms with Crippen molar-refractivity contribution in [2.24, 2.45) is 0 Å². The summed E-state index contributed by atoms with van der Waals surface area (Å²) in [7, 11) is 0.0486. The predicted octanol–water partition coefficient (Wildman–Crippen LogP) is 1.14. The molecule has 0 heterocycles. The van der Waals surface area contributed by atoms with Crippen LogP contribution in [-0.4, -0.2) is 20.9 Å². The second-order valence-corrected chi connectivity index (χ2v) is 3.63. The highest BCUT2D eigenvalue weighted by Crippen LogP contribution is 2.40. The maximum absolute atomic E-state index is 10.5. The van der Waals surface area contributed by atoms with Gasteiger partial charge in [0.25, 0.3) is 0 Å². The number of nitriles is 2. The molecule has 5 nitrogen and oxygen atoms in total. The summed E-state index contributed by atoms with van der Waals surface area (Å²) in [5, 5.41) is 14.5. The van der Waals surface area contributed by atoms with Crippen LogP contribution < -0.4 is 0 Å². The first-order valence-corrected chi connectivity index (χ1v) is 4.50. The van der Waals surface area contributed by atoms with Gasteiger partial charge in [-0.2, -0.15) is 10.5 Å². The van der Waals surface area contributed by atoms with Crippen molar-refractivity contribution < 1.29 is 13.6 Å². The van der Waals surface area contributed by atoms with Crippen LogP contribution in [0.25, 0.3) is 0 Å². The topological polar surface area (TPSA) is 83.1 Å². The first kappa shape index (κ1) is 12.8. The van der Waals surface area contributed by atoms with E-state index in [1.807, 2.05) is 0 Å². The molecule has 0 aliphatic carbocycles. The molecule has 11 heavy (non-hydrogen) atoms. The lowest BCUT2D eigenvalue weighted by Crippen LogP contribution is -1.82. The third kappa shape index (κ3) is 12.4. The van der Waals surface area contributed by atoms with Gasteiger partial charge < -0.3 is 9.05 Å². The van der Waals surface area contributed by atoms with Crippen molar-refractivity contribution in [2.45, 2.75) is 0 Å². The van der Waals surface area contributed by atoms with Crippen molar-refractivity contribution in [3.05, 3.63) is 0 Å². The highest BCUT2D eigenvalue weighted by atomic mass is 31.2. The van der Waals surface area contributed by atoms with E-state index in [0.29, 0.717) is 0 Å². The van der Waals surface area contributed by atoms with Crippen molar-refractivity contribution >= 4 is 7.60 Å². The molecular weight excluding hydrogens is 167 g/mol. The number of hydrogen-bond acceptors (Lipinski definition) is 5. The summed E-state index contributed by atoms with van der Waals surface area (Å²) < 4.78 is 19.3. The monoisotopic (exact) mass is 176 g/mol. The molecule has 0 unspecified atom stereocenters. The zero-order chi connectivity index (χ0) is 9.33. The summed E-state index contributed by atoms with van der Waals surface area (Å²) in [5.74, 6) is 0. The van der Waals surface area contributed by atoms with Gasteiger partial charge in [-0.3, -0.25) is 4.57 Å². The fourth-order valence-electron chi connectivity index (χ4n) is 0.0745. The molecule has 0 aromatic carbocycles. The van der Waals surface area contributed by atoms with E-state index in [1.54, 1.807) is 0 Å². The molecule has 0 rings (SSSR count). The Bertz CT molecular complexity index is 195. The fourth-order valence-corrected chi connectivity index (χ4v) is 0.224. The minimum atomic E-state index is -2.65. The quantitative estimate of drug-likeness (QED) is 0.589. The Morgan fingerprint density at radius 3 is 1.45 bits per heavy atom. The second-order valence-electron chi connectivity index (χ2n) is 1.36. The van der Waals surface area contributed by atoms with E-state index >= 15 is 0 Å². The average Bonchev–Trinajstić information content (AvgIpc) is 2.05. The smallest absolute Gasteiger partial charge is 0.312 e. The lowest BCUT2D eigenvalue weighted by molar-refractivity contribution is 0.282. The van der Waals surface area contributed by atoms with Gasteiger partial charge in [0.15, 0.2) is 12.1 Å². The maximum atomic E-state index is 10.5. The largest absolute Gasteiger partial charge is 0.327 e. The third-order valence-corrected chi connectivity index (χ3v) is 2.04. The van der Waals surface area contributed by atoms with Gasteiger partial charge in [0.1, 0.15) is 0 Å². The first-order valence-electron chi connectivity index (χ1n) is 2.51. The fraction of sp³-hybridized carbons (Fsp3) is 0.600. The molecule has 6 heteroatoms. The van der Waals surface area contributed by atoms with E-state index in [-0.39, 0.29) is 0 Å². The third-order valence-electron chi connectivity index (χ3n) is 0.713. The van der Waals surface area contributed by atoms with E-state index in [0.717, 1.165) is 0 Å². The lowest BCUT2D eigenvalue weighted by atomic mass is 10.9. The Hall–Kier alpha value is -0.870. The average molecular weight is 176 g/mol. The molecule has 62 valence electrons. The van der Waals surface area contributed by atoms with E-state index in [2.05, 4.69) is 9.05 Å². The van der Waals surface area contributed by atoms with Crippen LogP contribution in [0.1, 0.15) is 0 Å². The van der Waals surface area contributed by atoms with Gasteiger partial charge in [-0.15, -0.1) is 0 Å². The van der Waals surface area contributed by atoms with Crippen LogP contribution in [-0.2, 0) is 13.6 Å². The summed E-state index contributed by atoms with van der Waals surface area (Å²) in [6.07, 6.45) is 0. The van der Waals surface area contributed by atoms with Gasteiger partial charge in [0.05, 0.1) is 0 Å². The SMILES string of the molecule is COP(C)(=O)OC.N#CC#N. The number of nitrogens with zero attached hydrogens (tertiary/aromatic N) is 2. The van der Waals surface area contributed by atoms with Crippen molar-refractivity contribution in [1.82, 2.24) is 0 Å². The summed E-state index contributed by atoms with van der Waals surface area (Å²) in [5.41, 5.74) is 0. The molecule has 0 aromatic rings. The maximum Gasteiger partial charge on any atom is 0.327 e. The van der Waals surface area contributed by atoms with Crippen LogP contribution in [0.3, 0.4) is 0 Å². The molecule has 0 aliphatic heterocycles. The van der Waals surface area contributed by atoms with Gasteiger partial charge in [0, 0.05) is 20.9 Å². The van der Waals surface area contributed by atoms with Crippen LogP contribution in [0.5, 0.6) is 0 Å². The molecule has 0 saturated carbocycles. The molecule has 0 aromatic heterocycles. The number of hydrogen-bond donors (Lipinski definition) is 0. The van der Waals surface area contributed by atoms with Crippen LogP contribution in [0.4, 0.5) is 0 Å². The Morgan fingerprint density at radius 1 is 1.18 bits per heavy atom. The highest BCUT2D eigenvalue weighted by molar-refractivity contribution is 7.52. The molecule has 0 fully saturated rings. The zero-order valence-corrected chi connectivity index (χ0v) is 7.46. The molecule has 0 saturated heterocycles. The van der Waals surface area contributed by atoms with Gasteiger partial charge >= 0.3 is 7.60 Å². The van der Waals surface area contributed by atoms with Gasteiger partial charge in [0.2, 0.25) is 0 Å². The van der Waals surface area contributed by atoms with E-state index in [4.69, 9.17) is 10.5 Å². The van der Waals surface area contributed by atoms with E-state index in [9.17, 15) is 4.57 Å². The Kier molecular flexibility index (Phi) is 8.41. The predicted molar refractivity (Wildman–Crippen MR) is 38.8 cm³/mol. The van der Waals surface area contributed by atoms with Gasteiger partial charge in [-0.05, 0) is 0 Å². The Morgan fingerprint density at radius 2 is 1.45 bits per heavy atom. The molecular formula is C5H9N2O3P. The molecule has 0 spiro atoms. The normalized spacial score (nSPS) is 8.45. The van der Waals surface area contributed by atoms with Crippen molar-refractivity contribution in [3.63, 3.8) is 0 Å². The summed E-state index contributed by atoms with van der Waals surface area (Å²) >= 11 is 0. The molecule has 0 N–H and O–H groups in total. The lowest BCUT2D eigenvalue weighted by Gasteiger charge is -2.04. The Balaban J connectivity index is 0. The van der Waals surface area contributed by atoms with Crippen molar-refractivity contribution in [2.75, 3.05) is 20.9 Å². The van der Waals surface area contributed by atoms with E-state index < -0.39 is 7.60 Å². The zero-order valence-electron chi connectivity index (χ0n) is 6.57. The summed E-state index contributed by atoms with van der Waals surface area (Å²) in [6.45, 7) is 1.41. The summed E-state index contributed by atoms with van der Waals surface area (Å²) in [4.78, 5) is 0. The molecule has 0 amide bonds. The van der Waals surface area contributed by atoms with Crippen LogP contribution >= 0.6 is 7.60 Å². The van der Waals surface area contributed by atoms with Crippen LogP contribution in [0.15, 0.2) is 0 Å². The molecule has 0 aliphatic rings. The van der Waals surface area contributed by atoms with E-state index in [1.165, 1.54) is 33.0 Å². The number of rotatable bonds is 2. The van der Waals surface area contributed by atoms with Crippen LogP contribution in [0.2, 0.25) is 0 Å². The minimum absolute atomic E-state index is 1.24. The van der Waals surface area contributed by atoms with Gasteiger partial charge in [-0.25, -0.2) is 0 Å². The minimum Gasteiger partial charge on any atom is -0.312 e. The molecule has 0 radical (unpaired) electrons.